The maximum atomic E-state index is 12.2. The molecule has 0 spiro atoms. The maximum absolute atomic E-state index is 12.2. The lowest BCUT2D eigenvalue weighted by molar-refractivity contribution is -0.130. The van der Waals surface area contributed by atoms with Crippen LogP contribution < -0.4 is 4.74 Å². The zero-order valence-electron chi connectivity index (χ0n) is 11.8. The van der Waals surface area contributed by atoms with E-state index in [1.165, 1.54) is 0 Å². The molecule has 1 saturated carbocycles. The smallest absolute Gasteiger partial charge is 0.226 e. The van der Waals surface area contributed by atoms with Crippen molar-refractivity contribution in [1.29, 1.82) is 0 Å². The average Bonchev–Trinajstić information content (AvgIpc) is 3.25. The van der Waals surface area contributed by atoms with Gasteiger partial charge in [-0.05, 0) is 42.5 Å². The van der Waals surface area contributed by atoms with Crippen molar-refractivity contribution in [1.82, 2.24) is 4.90 Å². The number of carbonyl (C=O) groups excluding carboxylic acids is 1. The van der Waals surface area contributed by atoms with E-state index in [1.807, 2.05) is 18.2 Å². The van der Waals surface area contributed by atoms with Gasteiger partial charge in [-0.25, -0.2) is 0 Å². The second-order valence-electron chi connectivity index (χ2n) is 5.31. The molecule has 1 unspecified atom stereocenters. The summed E-state index contributed by atoms with van der Waals surface area (Å²) in [5.41, 5.74) is 0.891. The summed E-state index contributed by atoms with van der Waals surface area (Å²) in [5.74, 6) is 1.11. The van der Waals surface area contributed by atoms with Crippen LogP contribution in [0.3, 0.4) is 0 Å². The number of hydrogen-bond acceptors (Lipinski definition) is 3. The molecule has 0 heterocycles. The molecule has 1 amide bonds. The second kappa shape index (κ2) is 6.59. The largest absolute Gasteiger partial charge is 0.497 e. The Balaban J connectivity index is 1.95. The molecule has 4 nitrogen and oxygen atoms in total. The number of carbonyl (C=O) groups is 1. The molecule has 0 saturated heterocycles. The van der Waals surface area contributed by atoms with Gasteiger partial charge in [-0.2, -0.15) is 0 Å². The molecular weight excluding hydrogens is 322 g/mol. The molecule has 1 aromatic carbocycles. The highest BCUT2D eigenvalue weighted by Crippen LogP contribution is 2.32. The molecule has 1 fully saturated rings. The van der Waals surface area contributed by atoms with Crippen molar-refractivity contribution in [2.24, 2.45) is 5.92 Å². The van der Waals surface area contributed by atoms with E-state index in [4.69, 9.17) is 4.74 Å². The number of methoxy groups -OCH3 is 1. The number of rotatable bonds is 6. The van der Waals surface area contributed by atoms with Crippen molar-refractivity contribution in [3.05, 3.63) is 28.2 Å². The maximum Gasteiger partial charge on any atom is 0.226 e. The van der Waals surface area contributed by atoms with Gasteiger partial charge in [-0.15, -0.1) is 0 Å². The van der Waals surface area contributed by atoms with E-state index in [0.29, 0.717) is 18.9 Å². The number of halogens is 1. The topological polar surface area (TPSA) is 49.8 Å². The van der Waals surface area contributed by atoms with Crippen LogP contribution >= 0.6 is 15.9 Å². The van der Waals surface area contributed by atoms with Crippen molar-refractivity contribution in [3.8, 4) is 5.75 Å². The van der Waals surface area contributed by atoms with Gasteiger partial charge < -0.3 is 14.7 Å². The molecule has 0 bridgehead atoms. The lowest BCUT2D eigenvalue weighted by Crippen LogP contribution is -2.36. The molecule has 0 aromatic heterocycles. The Labute approximate surface area is 127 Å². The van der Waals surface area contributed by atoms with E-state index in [0.717, 1.165) is 28.6 Å². The highest BCUT2D eigenvalue weighted by molar-refractivity contribution is 9.10. The van der Waals surface area contributed by atoms with Gasteiger partial charge in [0.05, 0.1) is 19.6 Å². The number of aliphatic hydroxyl groups is 1. The van der Waals surface area contributed by atoms with Crippen molar-refractivity contribution < 1.29 is 14.6 Å². The van der Waals surface area contributed by atoms with Gasteiger partial charge in [0.2, 0.25) is 5.91 Å². The predicted molar refractivity (Wildman–Crippen MR) is 80.8 cm³/mol. The summed E-state index contributed by atoms with van der Waals surface area (Å²) in [6.45, 7) is 0.408. The number of nitrogens with zero attached hydrogens (tertiary/aromatic N) is 1. The monoisotopic (exact) mass is 341 g/mol. The molecule has 1 aliphatic carbocycles. The Hall–Kier alpha value is -1.07. The normalized spacial score (nSPS) is 15.8. The Morgan fingerprint density at radius 1 is 1.55 bits per heavy atom. The van der Waals surface area contributed by atoms with Crippen LogP contribution in [0.1, 0.15) is 18.4 Å². The minimum atomic E-state index is -0.391. The SMILES string of the molecule is COc1ccc(Br)c(CC(=O)N(C)CC(O)C2CC2)c1. The number of benzene rings is 1. The summed E-state index contributed by atoms with van der Waals surface area (Å²) in [4.78, 5) is 13.8. The van der Waals surface area contributed by atoms with Crippen LogP contribution in [0.4, 0.5) is 0 Å². The van der Waals surface area contributed by atoms with Crippen molar-refractivity contribution in [2.75, 3.05) is 20.7 Å². The molecule has 1 atom stereocenters. The van der Waals surface area contributed by atoms with E-state index in [2.05, 4.69) is 15.9 Å². The second-order valence-corrected chi connectivity index (χ2v) is 6.17. The van der Waals surface area contributed by atoms with Crippen LogP contribution in [0, 0.1) is 5.92 Å². The fourth-order valence-electron chi connectivity index (χ4n) is 2.12. The van der Waals surface area contributed by atoms with Gasteiger partial charge in [0.15, 0.2) is 0 Å². The summed E-state index contributed by atoms with van der Waals surface area (Å²) < 4.78 is 6.06. The lowest BCUT2D eigenvalue weighted by atomic mass is 10.1. The highest BCUT2D eigenvalue weighted by atomic mass is 79.9. The van der Waals surface area contributed by atoms with Crippen molar-refractivity contribution in [3.63, 3.8) is 0 Å². The fraction of sp³-hybridized carbons (Fsp3) is 0.533. The molecule has 5 heteroatoms. The van der Waals surface area contributed by atoms with Crippen molar-refractivity contribution in [2.45, 2.75) is 25.4 Å². The van der Waals surface area contributed by atoms with E-state index in [9.17, 15) is 9.90 Å². The molecule has 2 rings (SSSR count). The van der Waals surface area contributed by atoms with Crippen LogP contribution in [-0.4, -0.2) is 42.7 Å². The first-order valence-electron chi connectivity index (χ1n) is 6.75. The Morgan fingerprint density at radius 2 is 2.25 bits per heavy atom. The Kier molecular flexibility index (Phi) is 5.05. The van der Waals surface area contributed by atoms with Crippen LogP contribution in [0.2, 0.25) is 0 Å². The van der Waals surface area contributed by atoms with E-state index >= 15 is 0 Å². The molecule has 0 aliphatic heterocycles. The Bertz CT molecular complexity index is 488. The average molecular weight is 342 g/mol. The third-order valence-electron chi connectivity index (χ3n) is 3.65. The minimum Gasteiger partial charge on any atom is -0.497 e. The summed E-state index contributed by atoms with van der Waals surface area (Å²) >= 11 is 3.45. The highest BCUT2D eigenvalue weighted by Gasteiger charge is 2.31. The molecule has 110 valence electrons. The predicted octanol–water partition coefficient (Wildman–Crippen LogP) is 2.23. The zero-order valence-corrected chi connectivity index (χ0v) is 13.4. The van der Waals surface area contributed by atoms with Crippen LogP contribution in [0.5, 0.6) is 5.75 Å². The molecule has 0 radical (unpaired) electrons. The van der Waals surface area contributed by atoms with E-state index in [1.54, 1.807) is 19.1 Å². The molecule has 20 heavy (non-hydrogen) atoms. The summed E-state index contributed by atoms with van der Waals surface area (Å²) in [5, 5.41) is 9.89. The lowest BCUT2D eigenvalue weighted by Gasteiger charge is -2.21. The third-order valence-corrected chi connectivity index (χ3v) is 4.42. The summed E-state index contributed by atoms with van der Waals surface area (Å²) in [7, 11) is 3.34. The zero-order chi connectivity index (χ0) is 14.7. The quantitative estimate of drug-likeness (QED) is 0.863. The Morgan fingerprint density at radius 3 is 2.85 bits per heavy atom. The fourth-order valence-corrected chi connectivity index (χ4v) is 2.51. The first-order chi connectivity index (χ1) is 9.51. The molecule has 1 aliphatic rings. The van der Waals surface area contributed by atoms with Gasteiger partial charge in [-0.3, -0.25) is 4.79 Å². The van der Waals surface area contributed by atoms with E-state index in [-0.39, 0.29) is 5.91 Å². The molecule has 1 N–H and O–H groups in total. The van der Waals surface area contributed by atoms with Gasteiger partial charge in [0.25, 0.3) is 0 Å². The third kappa shape index (κ3) is 3.96. The number of likely N-dealkylation sites (N-methyl/N-ethyl adjacent to an activating group) is 1. The van der Waals surface area contributed by atoms with Crippen molar-refractivity contribution >= 4 is 21.8 Å². The van der Waals surface area contributed by atoms with Gasteiger partial charge in [-0.1, -0.05) is 15.9 Å². The van der Waals surface area contributed by atoms with Gasteiger partial charge >= 0.3 is 0 Å². The number of ether oxygens (including phenoxy) is 1. The van der Waals surface area contributed by atoms with Gasteiger partial charge in [0, 0.05) is 18.1 Å². The summed E-state index contributed by atoms with van der Waals surface area (Å²) in [6, 6.07) is 5.58. The number of aliphatic hydroxyl groups excluding tert-OH is 1. The van der Waals surface area contributed by atoms with Crippen LogP contribution in [0.25, 0.3) is 0 Å². The minimum absolute atomic E-state index is 0.00125. The van der Waals surface area contributed by atoms with Crippen LogP contribution in [-0.2, 0) is 11.2 Å². The molecule has 1 aromatic rings. The standard InChI is InChI=1S/C15H20BrNO3/c1-17(9-14(18)10-3-4-10)15(19)8-11-7-12(20-2)5-6-13(11)16/h5-7,10,14,18H,3-4,8-9H2,1-2H3. The van der Waals surface area contributed by atoms with Gasteiger partial charge in [0.1, 0.15) is 5.75 Å². The molecular formula is C15H20BrNO3. The summed E-state index contributed by atoms with van der Waals surface area (Å²) in [6.07, 6.45) is 2.05. The first-order valence-corrected chi connectivity index (χ1v) is 7.55. The first kappa shape index (κ1) is 15.3. The number of amides is 1. The van der Waals surface area contributed by atoms with Crippen LogP contribution in [0.15, 0.2) is 22.7 Å². The number of hydrogen-bond donors (Lipinski definition) is 1. The van der Waals surface area contributed by atoms with E-state index < -0.39 is 6.10 Å².